The van der Waals surface area contributed by atoms with E-state index in [1.165, 1.54) is 0 Å². The average molecular weight is 532 g/mol. The number of methoxy groups -OCH3 is 6. The molecule has 4 rings (SSSR count). The van der Waals surface area contributed by atoms with E-state index in [0.717, 1.165) is 27.9 Å². The van der Waals surface area contributed by atoms with Crippen LogP contribution in [0.25, 0.3) is 11.1 Å². The van der Waals surface area contributed by atoms with E-state index in [2.05, 4.69) is 4.98 Å². The van der Waals surface area contributed by atoms with E-state index in [1.807, 2.05) is 54.6 Å². The van der Waals surface area contributed by atoms with Crippen LogP contribution in [-0.2, 0) is 12.8 Å². The second-order valence-corrected chi connectivity index (χ2v) is 8.65. The van der Waals surface area contributed by atoms with Gasteiger partial charge in [0.25, 0.3) is 0 Å². The molecule has 0 bridgehead atoms. The molecular formula is C30H33N3O6. The Morgan fingerprint density at radius 3 is 1.51 bits per heavy atom. The van der Waals surface area contributed by atoms with Gasteiger partial charge in [-0.15, -0.1) is 0 Å². The Labute approximate surface area is 228 Å². The summed E-state index contributed by atoms with van der Waals surface area (Å²) in [6.45, 7) is 0. The minimum Gasteiger partial charge on any atom is -0.493 e. The highest BCUT2D eigenvalue weighted by Crippen LogP contribution is 2.37. The van der Waals surface area contributed by atoms with E-state index in [9.17, 15) is 0 Å². The van der Waals surface area contributed by atoms with E-state index in [1.54, 1.807) is 42.7 Å². The van der Waals surface area contributed by atoms with Crippen molar-refractivity contribution in [2.24, 2.45) is 0 Å². The summed E-state index contributed by atoms with van der Waals surface area (Å²) in [6, 6.07) is 17.1. The molecular weight excluding hydrogens is 498 g/mol. The first-order chi connectivity index (χ1) is 18.9. The number of nitrogens with zero attached hydrogens (tertiary/aromatic N) is 2. The summed E-state index contributed by atoms with van der Waals surface area (Å²) in [5.74, 6) is 4.72. The lowest BCUT2D eigenvalue weighted by molar-refractivity contribution is 0.354. The Morgan fingerprint density at radius 2 is 1.00 bits per heavy atom. The van der Waals surface area contributed by atoms with Gasteiger partial charge in [-0.25, -0.2) is 9.97 Å². The minimum absolute atomic E-state index is 0.364. The van der Waals surface area contributed by atoms with Crippen molar-refractivity contribution in [2.45, 2.75) is 12.8 Å². The lowest BCUT2D eigenvalue weighted by Crippen LogP contribution is -2.09. The molecule has 0 unspecified atom stereocenters. The summed E-state index contributed by atoms with van der Waals surface area (Å²) in [7, 11) is 9.63. The average Bonchev–Trinajstić information content (AvgIpc) is 2.96. The standard InChI is InChI=1S/C30H33N3O6/c1-34-22-10-7-18(14-25(22)37-4)13-21-29(20-9-12-24(36-3)27(17-20)39-6)30(31)33-28(32-21)16-19-8-11-23(35-2)26(15-19)38-5/h7-12,14-15,17H,13,16H2,1-6H3,(H2,31,32,33). The predicted molar refractivity (Wildman–Crippen MR) is 150 cm³/mol. The molecule has 0 radical (unpaired) electrons. The zero-order valence-corrected chi connectivity index (χ0v) is 23.0. The van der Waals surface area contributed by atoms with Gasteiger partial charge in [0.2, 0.25) is 0 Å². The Morgan fingerprint density at radius 1 is 0.538 bits per heavy atom. The first-order valence-corrected chi connectivity index (χ1v) is 12.2. The number of benzene rings is 3. The molecule has 204 valence electrons. The van der Waals surface area contributed by atoms with Crippen LogP contribution >= 0.6 is 0 Å². The number of nitrogens with two attached hydrogens (primary N) is 1. The summed E-state index contributed by atoms with van der Waals surface area (Å²) < 4.78 is 32.7. The smallest absolute Gasteiger partial charge is 0.161 e. The van der Waals surface area contributed by atoms with Crippen molar-refractivity contribution in [3.8, 4) is 45.6 Å². The molecule has 9 nitrogen and oxygen atoms in total. The molecule has 0 aliphatic carbocycles. The fraction of sp³-hybridized carbons (Fsp3) is 0.267. The second kappa shape index (κ2) is 12.3. The molecule has 4 aromatic rings. The van der Waals surface area contributed by atoms with Crippen molar-refractivity contribution < 1.29 is 28.4 Å². The summed E-state index contributed by atoms with van der Waals surface area (Å²) in [5.41, 5.74) is 10.9. The Hall–Kier alpha value is -4.66. The number of nitrogen functional groups attached to an aromatic ring is 1. The van der Waals surface area contributed by atoms with Gasteiger partial charge in [0.05, 0.1) is 48.4 Å². The normalized spacial score (nSPS) is 10.6. The third kappa shape index (κ3) is 5.93. The quantitative estimate of drug-likeness (QED) is 0.287. The first kappa shape index (κ1) is 27.4. The molecule has 1 aromatic heterocycles. The molecule has 39 heavy (non-hydrogen) atoms. The third-order valence-corrected chi connectivity index (χ3v) is 6.36. The van der Waals surface area contributed by atoms with Gasteiger partial charge in [0.1, 0.15) is 11.6 Å². The molecule has 0 spiro atoms. The summed E-state index contributed by atoms with van der Waals surface area (Å²) in [6.07, 6.45) is 0.936. The van der Waals surface area contributed by atoms with Crippen LogP contribution in [0.2, 0.25) is 0 Å². The molecule has 1 heterocycles. The maximum atomic E-state index is 6.61. The van der Waals surface area contributed by atoms with Crippen molar-refractivity contribution in [2.75, 3.05) is 48.4 Å². The fourth-order valence-electron chi connectivity index (χ4n) is 4.45. The Balaban J connectivity index is 1.81. The first-order valence-electron chi connectivity index (χ1n) is 12.2. The largest absolute Gasteiger partial charge is 0.493 e. The summed E-state index contributed by atoms with van der Waals surface area (Å²) >= 11 is 0. The topological polar surface area (TPSA) is 107 Å². The van der Waals surface area contributed by atoms with Gasteiger partial charge in [-0.05, 0) is 53.1 Å². The van der Waals surface area contributed by atoms with Crippen LogP contribution in [0.4, 0.5) is 5.82 Å². The van der Waals surface area contributed by atoms with Gasteiger partial charge >= 0.3 is 0 Å². The van der Waals surface area contributed by atoms with Crippen LogP contribution < -0.4 is 34.2 Å². The molecule has 0 saturated carbocycles. The van der Waals surface area contributed by atoms with Gasteiger partial charge in [-0.3, -0.25) is 0 Å². The highest BCUT2D eigenvalue weighted by atomic mass is 16.5. The van der Waals surface area contributed by atoms with Crippen LogP contribution in [-0.4, -0.2) is 52.6 Å². The zero-order chi connectivity index (χ0) is 27.9. The third-order valence-electron chi connectivity index (χ3n) is 6.36. The van der Waals surface area contributed by atoms with Crippen LogP contribution in [0.3, 0.4) is 0 Å². The van der Waals surface area contributed by atoms with E-state index in [-0.39, 0.29) is 0 Å². The van der Waals surface area contributed by atoms with E-state index in [0.29, 0.717) is 59.0 Å². The van der Waals surface area contributed by atoms with Crippen molar-refractivity contribution in [3.05, 3.63) is 77.2 Å². The van der Waals surface area contributed by atoms with Crippen molar-refractivity contribution in [1.29, 1.82) is 0 Å². The molecule has 0 aliphatic rings. The fourth-order valence-corrected chi connectivity index (χ4v) is 4.45. The number of anilines is 1. The Bertz CT molecular complexity index is 1460. The number of ether oxygens (including phenoxy) is 6. The monoisotopic (exact) mass is 531 g/mol. The molecule has 0 amide bonds. The molecule has 3 aromatic carbocycles. The van der Waals surface area contributed by atoms with Crippen molar-refractivity contribution >= 4 is 5.82 Å². The predicted octanol–water partition coefficient (Wildman–Crippen LogP) is 4.96. The molecule has 0 saturated heterocycles. The van der Waals surface area contributed by atoms with Crippen molar-refractivity contribution in [3.63, 3.8) is 0 Å². The number of aromatic nitrogens is 2. The highest BCUT2D eigenvalue weighted by Gasteiger charge is 2.19. The maximum absolute atomic E-state index is 6.61. The van der Waals surface area contributed by atoms with Crippen molar-refractivity contribution in [1.82, 2.24) is 9.97 Å². The van der Waals surface area contributed by atoms with Crippen LogP contribution in [0.1, 0.15) is 22.6 Å². The molecule has 0 fully saturated rings. The van der Waals surface area contributed by atoms with E-state index in [4.69, 9.17) is 39.1 Å². The molecule has 2 N–H and O–H groups in total. The second-order valence-electron chi connectivity index (χ2n) is 8.65. The molecule has 0 atom stereocenters. The summed E-state index contributed by atoms with van der Waals surface area (Å²) in [4.78, 5) is 9.67. The zero-order valence-electron chi connectivity index (χ0n) is 23.0. The van der Waals surface area contributed by atoms with E-state index < -0.39 is 0 Å². The van der Waals surface area contributed by atoms with Gasteiger partial charge in [0.15, 0.2) is 34.5 Å². The number of hydrogen-bond donors (Lipinski definition) is 1. The highest BCUT2D eigenvalue weighted by molar-refractivity contribution is 5.78. The van der Waals surface area contributed by atoms with E-state index >= 15 is 0 Å². The number of rotatable bonds is 11. The lowest BCUT2D eigenvalue weighted by Gasteiger charge is -2.16. The maximum Gasteiger partial charge on any atom is 0.161 e. The molecule has 9 heteroatoms. The Kier molecular flexibility index (Phi) is 8.60. The van der Waals surface area contributed by atoms with Gasteiger partial charge in [-0.1, -0.05) is 18.2 Å². The van der Waals surface area contributed by atoms with Gasteiger partial charge in [-0.2, -0.15) is 0 Å². The van der Waals surface area contributed by atoms with Crippen LogP contribution in [0, 0.1) is 0 Å². The van der Waals surface area contributed by atoms with Gasteiger partial charge < -0.3 is 34.2 Å². The number of hydrogen-bond acceptors (Lipinski definition) is 9. The minimum atomic E-state index is 0.364. The van der Waals surface area contributed by atoms with Crippen LogP contribution in [0.15, 0.2) is 54.6 Å². The van der Waals surface area contributed by atoms with Gasteiger partial charge in [0, 0.05) is 18.4 Å². The summed E-state index contributed by atoms with van der Waals surface area (Å²) in [5, 5.41) is 0. The molecule has 0 aliphatic heterocycles. The lowest BCUT2D eigenvalue weighted by atomic mass is 9.98. The SMILES string of the molecule is COc1ccc(Cc2nc(N)c(-c3ccc(OC)c(OC)c3)c(Cc3ccc(OC)c(OC)c3)n2)cc1OC. The van der Waals surface area contributed by atoms with Crippen LogP contribution in [0.5, 0.6) is 34.5 Å².